The van der Waals surface area contributed by atoms with Crippen molar-refractivity contribution in [2.24, 2.45) is 12.8 Å². The highest BCUT2D eigenvalue weighted by Gasteiger charge is 2.39. The molecule has 1 aliphatic rings. The van der Waals surface area contributed by atoms with Crippen LogP contribution in [0.2, 0.25) is 0 Å². The van der Waals surface area contributed by atoms with Crippen molar-refractivity contribution >= 4 is 5.78 Å². The smallest absolute Gasteiger partial charge is 0.160 e. The van der Waals surface area contributed by atoms with Crippen molar-refractivity contribution in [2.45, 2.75) is 31.2 Å². The number of ketones is 1. The number of aromatic nitrogens is 3. The van der Waals surface area contributed by atoms with Crippen molar-refractivity contribution < 1.29 is 4.79 Å². The van der Waals surface area contributed by atoms with Crippen LogP contribution in [0.25, 0.3) is 0 Å². The highest BCUT2D eigenvalue weighted by atomic mass is 16.1. The summed E-state index contributed by atoms with van der Waals surface area (Å²) in [7, 11) is 1.78. The Kier molecular flexibility index (Phi) is 2.11. The minimum atomic E-state index is -0.577. The molecule has 0 bridgehead atoms. The minimum Gasteiger partial charge on any atom is -0.319 e. The molecule has 0 aromatic carbocycles. The summed E-state index contributed by atoms with van der Waals surface area (Å²) in [6.45, 7) is 0. The third-order valence-corrected chi connectivity index (χ3v) is 2.92. The standard InChI is InChI=1S/C9H14N4O/c1-13-8(11-6-12-13)5-7(14)9(10)3-2-4-9/h6H,2-5,10H2,1H3. The zero-order valence-corrected chi connectivity index (χ0v) is 8.23. The zero-order valence-electron chi connectivity index (χ0n) is 8.23. The lowest BCUT2D eigenvalue weighted by Gasteiger charge is -2.36. The molecule has 2 rings (SSSR count). The van der Waals surface area contributed by atoms with E-state index >= 15 is 0 Å². The van der Waals surface area contributed by atoms with E-state index in [1.54, 1.807) is 11.7 Å². The summed E-state index contributed by atoms with van der Waals surface area (Å²) in [5.74, 6) is 0.770. The fraction of sp³-hybridized carbons (Fsp3) is 0.667. The topological polar surface area (TPSA) is 73.8 Å². The normalized spacial score (nSPS) is 19.0. The highest BCUT2D eigenvalue weighted by Crippen LogP contribution is 2.30. The van der Waals surface area contributed by atoms with Crippen LogP contribution in [-0.4, -0.2) is 26.1 Å². The fourth-order valence-electron chi connectivity index (χ4n) is 1.64. The molecule has 0 spiro atoms. The lowest BCUT2D eigenvalue weighted by molar-refractivity contribution is -0.126. The molecule has 0 radical (unpaired) electrons. The molecule has 1 heterocycles. The first-order valence-electron chi connectivity index (χ1n) is 4.77. The van der Waals surface area contributed by atoms with Gasteiger partial charge in [0.2, 0.25) is 0 Å². The van der Waals surface area contributed by atoms with Crippen molar-refractivity contribution in [2.75, 3.05) is 0 Å². The van der Waals surface area contributed by atoms with E-state index in [9.17, 15) is 4.79 Å². The zero-order chi connectivity index (χ0) is 10.2. The number of nitrogens with zero attached hydrogens (tertiary/aromatic N) is 3. The van der Waals surface area contributed by atoms with Gasteiger partial charge in [0.1, 0.15) is 12.2 Å². The van der Waals surface area contributed by atoms with Crippen LogP contribution in [0, 0.1) is 0 Å². The first-order valence-corrected chi connectivity index (χ1v) is 4.77. The van der Waals surface area contributed by atoms with E-state index in [0.29, 0.717) is 12.2 Å². The summed E-state index contributed by atoms with van der Waals surface area (Å²) in [4.78, 5) is 15.8. The Labute approximate surface area is 82.3 Å². The van der Waals surface area contributed by atoms with Crippen molar-refractivity contribution in [3.05, 3.63) is 12.2 Å². The molecule has 5 nitrogen and oxygen atoms in total. The molecule has 0 atom stereocenters. The summed E-state index contributed by atoms with van der Waals surface area (Å²) in [5.41, 5.74) is 5.33. The number of hydrogen-bond donors (Lipinski definition) is 1. The maximum Gasteiger partial charge on any atom is 0.160 e. The van der Waals surface area contributed by atoms with E-state index in [1.165, 1.54) is 6.33 Å². The molecule has 1 saturated carbocycles. The highest BCUT2D eigenvalue weighted by molar-refractivity contribution is 5.90. The average Bonchev–Trinajstić information content (AvgIpc) is 2.48. The average molecular weight is 194 g/mol. The molecular weight excluding hydrogens is 180 g/mol. The predicted molar refractivity (Wildman–Crippen MR) is 50.5 cm³/mol. The largest absolute Gasteiger partial charge is 0.319 e. The van der Waals surface area contributed by atoms with Crippen molar-refractivity contribution in [1.29, 1.82) is 0 Å². The summed E-state index contributed by atoms with van der Waals surface area (Å²) < 4.78 is 1.61. The molecule has 0 amide bonds. The van der Waals surface area contributed by atoms with E-state index in [2.05, 4.69) is 10.1 Å². The third-order valence-electron chi connectivity index (χ3n) is 2.92. The van der Waals surface area contributed by atoms with Gasteiger partial charge >= 0.3 is 0 Å². The number of carbonyl (C=O) groups is 1. The minimum absolute atomic E-state index is 0.0832. The Bertz CT molecular complexity index is 353. The summed E-state index contributed by atoms with van der Waals surface area (Å²) in [5, 5.41) is 3.91. The van der Waals surface area contributed by atoms with Crippen molar-refractivity contribution in [3.8, 4) is 0 Å². The molecule has 1 aliphatic carbocycles. The molecule has 0 aliphatic heterocycles. The first kappa shape index (κ1) is 9.33. The van der Waals surface area contributed by atoms with Gasteiger partial charge in [0.15, 0.2) is 5.78 Å². The van der Waals surface area contributed by atoms with Gasteiger partial charge < -0.3 is 5.73 Å². The molecular formula is C9H14N4O. The SMILES string of the molecule is Cn1ncnc1CC(=O)C1(N)CCC1. The van der Waals surface area contributed by atoms with Crippen LogP contribution in [0.1, 0.15) is 25.1 Å². The maximum absolute atomic E-state index is 11.8. The second kappa shape index (κ2) is 3.16. The van der Waals surface area contributed by atoms with E-state index < -0.39 is 5.54 Å². The Balaban J connectivity index is 2.05. The maximum atomic E-state index is 11.8. The summed E-state index contributed by atoms with van der Waals surface area (Å²) in [6.07, 6.45) is 4.42. The Morgan fingerprint density at radius 2 is 2.43 bits per heavy atom. The molecule has 76 valence electrons. The molecule has 0 unspecified atom stereocenters. The van der Waals surface area contributed by atoms with Crippen LogP contribution >= 0.6 is 0 Å². The molecule has 1 aromatic heterocycles. The molecule has 5 heteroatoms. The molecule has 2 N–H and O–H groups in total. The van der Waals surface area contributed by atoms with Crippen LogP contribution in [0.3, 0.4) is 0 Å². The Hall–Kier alpha value is -1.23. The number of rotatable bonds is 3. The summed E-state index contributed by atoms with van der Waals surface area (Å²) in [6, 6.07) is 0. The van der Waals surface area contributed by atoms with Crippen LogP contribution in [0.4, 0.5) is 0 Å². The van der Waals surface area contributed by atoms with Gasteiger partial charge in [0, 0.05) is 7.05 Å². The summed E-state index contributed by atoms with van der Waals surface area (Å²) >= 11 is 0. The van der Waals surface area contributed by atoms with Crippen molar-refractivity contribution in [3.63, 3.8) is 0 Å². The quantitative estimate of drug-likeness (QED) is 0.723. The molecule has 14 heavy (non-hydrogen) atoms. The number of aryl methyl sites for hydroxylation is 1. The lowest BCUT2D eigenvalue weighted by Crippen LogP contribution is -2.54. The number of hydrogen-bond acceptors (Lipinski definition) is 4. The second-order valence-electron chi connectivity index (χ2n) is 3.91. The fourth-order valence-corrected chi connectivity index (χ4v) is 1.64. The van der Waals surface area contributed by atoms with Gasteiger partial charge in [-0.1, -0.05) is 0 Å². The molecule has 0 saturated heterocycles. The van der Waals surface area contributed by atoms with E-state index in [-0.39, 0.29) is 5.78 Å². The van der Waals surface area contributed by atoms with Gasteiger partial charge in [-0.3, -0.25) is 9.48 Å². The van der Waals surface area contributed by atoms with Gasteiger partial charge in [-0.2, -0.15) is 5.10 Å². The monoisotopic (exact) mass is 194 g/mol. The first-order chi connectivity index (χ1) is 6.62. The van der Waals surface area contributed by atoms with E-state index in [4.69, 9.17) is 5.73 Å². The third kappa shape index (κ3) is 1.43. The van der Waals surface area contributed by atoms with E-state index in [1.807, 2.05) is 0 Å². The van der Waals surface area contributed by atoms with Crippen molar-refractivity contribution in [1.82, 2.24) is 14.8 Å². The van der Waals surface area contributed by atoms with Gasteiger partial charge in [-0.05, 0) is 19.3 Å². The van der Waals surface area contributed by atoms with Crippen LogP contribution in [0.15, 0.2) is 6.33 Å². The molecule has 1 aromatic rings. The number of carbonyl (C=O) groups excluding carboxylic acids is 1. The van der Waals surface area contributed by atoms with Crippen LogP contribution in [0.5, 0.6) is 0 Å². The predicted octanol–water partition coefficient (Wildman–Crippen LogP) is -0.192. The Morgan fingerprint density at radius 3 is 2.86 bits per heavy atom. The van der Waals surface area contributed by atoms with Crippen LogP contribution < -0.4 is 5.73 Å². The second-order valence-corrected chi connectivity index (χ2v) is 3.91. The lowest BCUT2D eigenvalue weighted by atomic mass is 9.74. The molecule has 1 fully saturated rings. The number of Topliss-reactive ketones (excluding diaryl/α,β-unsaturated/α-hetero) is 1. The van der Waals surface area contributed by atoms with Gasteiger partial charge in [0.05, 0.1) is 12.0 Å². The van der Waals surface area contributed by atoms with Crippen LogP contribution in [-0.2, 0) is 18.3 Å². The van der Waals surface area contributed by atoms with E-state index in [0.717, 1.165) is 19.3 Å². The Morgan fingerprint density at radius 1 is 1.71 bits per heavy atom. The van der Waals surface area contributed by atoms with Gasteiger partial charge in [0.25, 0.3) is 0 Å². The van der Waals surface area contributed by atoms with Gasteiger partial charge in [-0.25, -0.2) is 4.98 Å². The number of nitrogens with two attached hydrogens (primary N) is 1. The van der Waals surface area contributed by atoms with Gasteiger partial charge in [-0.15, -0.1) is 0 Å².